The van der Waals surface area contributed by atoms with Gasteiger partial charge in [0.05, 0.1) is 49.8 Å². The number of aliphatic hydroxyl groups is 10. The van der Waals surface area contributed by atoms with E-state index in [1.165, 1.54) is 14.0 Å². The lowest BCUT2D eigenvalue weighted by molar-refractivity contribution is -0.389. The number of carbonyl (C=O) groups is 1. The molecule has 6 heterocycles. The highest BCUT2D eigenvalue weighted by atomic mass is 32.3. The number of carbonyl (C=O) groups excluding carboxylic acids is 1. The first-order valence-corrected chi connectivity index (χ1v) is 29.9. The van der Waals surface area contributed by atoms with E-state index >= 15 is 0 Å². The van der Waals surface area contributed by atoms with E-state index in [1.807, 2.05) is 26.8 Å². The largest absolute Gasteiger partial charge is 0.456 e. The Morgan fingerprint density at radius 3 is 1.85 bits per heavy atom. The lowest BCUT2D eigenvalue weighted by Crippen LogP contribution is -2.67. The summed E-state index contributed by atoms with van der Waals surface area (Å²) in [6, 6.07) is 0. The third-order valence-electron chi connectivity index (χ3n) is 21.2. The van der Waals surface area contributed by atoms with E-state index in [9.17, 15) is 68.8 Å². The molecule has 0 aromatic carbocycles. The van der Waals surface area contributed by atoms with Gasteiger partial charge in [-0.3, -0.25) is 9.35 Å². The molecule has 11 N–H and O–H groups in total. The molecule has 27 heteroatoms. The standard InChI is InChI=1S/C54H86O26S/c1-22-40(75-46-39(64)42(34(59)26(20-56)73-46)76-45-38(63)41(69-9)33(58)25(19-55)72-45)36(61)37(62)44(71-22)77-43-35(60)27(80-81(66,67)68)21-70-47(43)74-31-14-16-51(6)24-18-30(57)54-29(53(8,79-48(54)65)32-13-15-49(2,3)78-32)12-17-52(54,7)23(24)10-11-28(51)50(31,4)5/h18,22-23,25-47,55-64H,10-17,19-21H2,1-9H3,(H,66,67,68)/t22-,23-,25-,26-,27-,28+,29-,30+,31+,32?,33-,34-,35+,36-,37-,38-,39-,40-,41+,42+,43-,44+,45+,46+,47+,51-,52+,53-,54+/m1/s1. The molecule has 6 saturated heterocycles. The zero-order chi connectivity index (χ0) is 59.1. The third kappa shape index (κ3) is 10.1. The van der Waals surface area contributed by atoms with Crippen molar-refractivity contribution in [1.29, 1.82) is 0 Å². The Bertz CT molecular complexity index is 2430. The Balaban J connectivity index is 0.846. The molecule has 464 valence electrons. The number of rotatable bonds is 14. The molecule has 81 heavy (non-hydrogen) atoms. The minimum absolute atomic E-state index is 0.0364. The van der Waals surface area contributed by atoms with Gasteiger partial charge in [-0.2, -0.15) is 8.42 Å². The molecule has 26 nitrogen and oxygen atoms in total. The maximum atomic E-state index is 14.6. The lowest BCUT2D eigenvalue weighted by atomic mass is 9.40. The van der Waals surface area contributed by atoms with E-state index in [2.05, 4.69) is 27.7 Å². The Morgan fingerprint density at radius 1 is 0.642 bits per heavy atom. The van der Waals surface area contributed by atoms with Crippen molar-refractivity contribution in [3.05, 3.63) is 11.6 Å². The van der Waals surface area contributed by atoms with E-state index in [0.717, 1.165) is 31.3 Å². The number of aliphatic hydroxyl groups excluding tert-OH is 10. The molecular weight excluding hydrogens is 1100 g/mol. The summed E-state index contributed by atoms with van der Waals surface area (Å²) in [5, 5.41) is 112. The molecular formula is C54H86O26S. The predicted octanol–water partition coefficient (Wildman–Crippen LogP) is -1.38. The van der Waals surface area contributed by atoms with E-state index in [0.29, 0.717) is 25.7 Å². The Hall–Kier alpha value is -1.72. The number of hydrogen-bond acceptors (Lipinski definition) is 25. The summed E-state index contributed by atoms with van der Waals surface area (Å²) in [4.78, 5) is 14.6. The highest BCUT2D eigenvalue weighted by molar-refractivity contribution is 7.80. The highest BCUT2D eigenvalue weighted by Crippen LogP contribution is 2.76. The van der Waals surface area contributed by atoms with Crippen LogP contribution in [0.5, 0.6) is 0 Å². The van der Waals surface area contributed by atoms with E-state index < -0.39 is 186 Å². The summed E-state index contributed by atoms with van der Waals surface area (Å²) in [5.41, 5.74) is -3.05. The molecule has 0 bridgehead atoms. The van der Waals surface area contributed by atoms with Gasteiger partial charge in [-0.15, -0.1) is 0 Å². The molecule has 1 unspecified atom stereocenters. The maximum Gasteiger partial charge on any atom is 0.397 e. The van der Waals surface area contributed by atoms with Crippen molar-refractivity contribution in [3.8, 4) is 0 Å². The molecule has 0 aromatic rings. The second-order valence-electron chi connectivity index (χ2n) is 26.4. The molecule has 4 aliphatic carbocycles. The Labute approximate surface area is 471 Å². The SMILES string of the molecule is CO[C@@H]1[C@@H](O)[C@H](O[C@@H]2[C@@H](O)[C@H](O[C@H]3[C@H](O)[C@@H](O)[C@H](O[C@H]4[C@H](O[C@H]5CC[C@]6(C)C7=C[C@H](O)[C@]89C(=O)O[C@@](C)(C%10CCC(C)(C)O%10)[C@H]8CC[C@@]9(C)[C@@H]7CC[C@H]6C5(C)C)OC[C@@H](OS(=O)(=O)O)[C@@H]4O)O[C@@H]3C)O[C@H](CO)[C@H]2O)O[C@H](CO)[C@H]1O. The smallest absolute Gasteiger partial charge is 0.397 e. The van der Waals surface area contributed by atoms with Gasteiger partial charge in [0.1, 0.15) is 96.5 Å². The third-order valence-corrected chi connectivity index (χ3v) is 21.7. The summed E-state index contributed by atoms with van der Waals surface area (Å²) < 4.78 is 105. The van der Waals surface area contributed by atoms with Crippen molar-refractivity contribution >= 4 is 16.4 Å². The van der Waals surface area contributed by atoms with Crippen LogP contribution < -0.4 is 0 Å². The summed E-state index contributed by atoms with van der Waals surface area (Å²) >= 11 is 0. The van der Waals surface area contributed by atoms with Crippen LogP contribution in [-0.2, 0) is 71.5 Å². The Kier molecular flexibility index (Phi) is 17.0. The van der Waals surface area contributed by atoms with Crippen LogP contribution in [0.2, 0.25) is 0 Å². The average Bonchev–Trinajstić information content (AvgIpc) is 1.63. The number of methoxy groups -OCH3 is 1. The summed E-state index contributed by atoms with van der Waals surface area (Å²) in [5.74, 6) is -0.716. The van der Waals surface area contributed by atoms with Gasteiger partial charge in [-0.05, 0) is 107 Å². The molecule has 6 aliphatic heterocycles. The lowest BCUT2D eigenvalue weighted by Gasteiger charge is -2.64. The van der Waals surface area contributed by atoms with Gasteiger partial charge in [0.25, 0.3) is 0 Å². The maximum absolute atomic E-state index is 14.6. The van der Waals surface area contributed by atoms with Crippen LogP contribution in [0.1, 0.15) is 107 Å². The molecule has 0 amide bonds. The normalized spacial score (nSPS) is 53.2. The number of allylic oxidation sites excluding steroid dienone is 1. The number of cyclic esters (lactones) is 1. The van der Waals surface area contributed by atoms with E-state index in [1.54, 1.807) is 0 Å². The fourth-order valence-corrected chi connectivity index (χ4v) is 17.5. The minimum atomic E-state index is -5.18. The zero-order valence-electron chi connectivity index (χ0n) is 47.2. The second kappa shape index (κ2) is 22.1. The summed E-state index contributed by atoms with van der Waals surface area (Å²) in [6.45, 7) is 13.8. The fourth-order valence-electron chi connectivity index (χ4n) is 17.0. The highest BCUT2D eigenvalue weighted by Gasteiger charge is 2.80. The number of esters is 1. The molecule has 29 atom stereocenters. The summed E-state index contributed by atoms with van der Waals surface area (Å²) in [6.07, 6.45) is -26.6. The zero-order valence-corrected chi connectivity index (χ0v) is 48.1. The topological polar surface area (TPSA) is 385 Å². The minimum Gasteiger partial charge on any atom is -0.456 e. The van der Waals surface area contributed by atoms with Gasteiger partial charge in [-0.1, -0.05) is 39.3 Å². The van der Waals surface area contributed by atoms with Gasteiger partial charge in [0.2, 0.25) is 0 Å². The van der Waals surface area contributed by atoms with Crippen LogP contribution in [0, 0.1) is 39.4 Å². The van der Waals surface area contributed by atoms with E-state index in [4.69, 9.17) is 56.3 Å². The van der Waals surface area contributed by atoms with Crippen molar-refractivity contribution in [1.82, 2.24) is 0 Å². The quantitative estimate of drug-likeness (QED) is 0.0413. The fraction of sp³-hybridized carbons (Fsp3) is 0.944. The van der Waals surface area contributed by atoms with Crippen molar-refractivity contribution in [3.63, 3.8) is 0 Å². The van der Waals surface area contributed by atoms with Gasteiger partial charge < -0.3 is 103 Å². The molecule has 1 spiro atoms. The monoisotopic (exact) mass is 1180 g/mol. The Morgan fingerprint density at radius 2 is 1.25 bits per heavy atom. The predicted molar refractivity (Wildman–Crippen MR) is 272 cm³/mol. The van der Waals surface area contributed by atoms with Gasteiger partial charge in [0, 0.05) is 13.0 Å². The number of hydrogen-bond donors (Lipinski definition) is 11. The van der Waals surface area contributed by atoms with Crippen LogP contribution >= 0.6 is 0 Å². The van der Waals surface area contributed by atoms with Gasteiger partial charge in [0.15, 0.2) is 25.2 Å². The molecule has 0 radical (unpaired) electrons. The van der Waals surface area contributed by atoms with Crippen molar-refractivity contribution in [2.24, 2.45) is 39.4 Å². The molecule has 10 aliphatic rings. The number of ether oxygens (including phenoxy) is 11. The molecule has 9 fully saturated rings. The van der Waals surface area contributed by atoms with Crippen LogP contribution in [0.3, 0.4) is 0 Å². The van der Waals surface area contributed by atoms with Crippen molar-refractivity contribution in [2.75, 3.05) is 26.9 Å². The number of fused-ring (bicyclic) bond motifs is 4. The first-order valence-electron chi connectivity index (χ1n) is 28.5. The van der Waals surface area contributed by atoms with Crippen molar-refractivity contribution in [2.45, 2.75) is 253 Å². The molecule has 10 rings (SSSR count). The first kappa shape index (κ1) is 62.3. The molecule has 3 saturated carbocycles. The van der Waals surface area contributed by atoms with Gasteiger partial charge in [-0.25, -0.2) is 4.18 Å². The van der Waals surface area contributed by atoms with Crippen LogP contribution in [0.4, 0.5) is 0 Å². The van der Waals surface area contributed by atoms with Crippen molar-refractivity contribution < 1.29 is 125 Å². The van der Waals surface area contributed by atoms with E-state index in [-0.39, 0.29) is 35.4 Å². The second-order valence-corrected chi connectivity index (χ2v) is 27.4. The summed E-state index contributed by atoms with van der Waals surface area (Å²) in [7, 11) is -3.99. The van der Waals surface area contributed by atoms with Gasteiger partial charge >= 0.3 is 16.4 Å². The average molecular weight is 1180 g/mol. The van der Waals surface area contributed by atoms with Crippen LogP contribution in [-0.4, -0.2) is 243 Å². The first-order chi connectivity index (χ1) is 37.8. The van der Waals surface area contributed by atoms with Crippen LogP contribution in [0.15, 0.2) is 11.6 Å². The molecule has 0 aromatic heterocycles. The van der Waals surface area contributed by atoms with Crippen LogP contribution in [0.25, 0.3) is 0 Å².